The lowest BCUT2D eigenvalue weighted by Gasteiger charge is -2.49. The van der Waals surface area contributed by atoms with E-state index in [1.54, 1.807) is 60.7 Å². The molecule has 9 nitrogen and oxygen atoms in total. The molecular weight excluding hydrogens is 547 g/mol. The number of aromatic hydroxyl groups is 1. The molecule has 3 N–H and O–H groups in total. The van der Waals surface area contributed by atoms with E-state index in [-0.39, 0.29) is 41.0 Å². The number of phenols is 1. The van der Waals surface area contributed by atoms with Crippen molar-refractivity contribution < 1.29 is 34.3 Å². The molecule has 0 radical (unpaired) electrons. The number of anilines is 2. The van der Waals surface area contributed by atoms with E-state index >= 15 is 0 Å². The van der Waals surface area contributed by atoms with Gasteiger partial charge in [-0.2, -0.15) is 0 Å². The van der Waals surface area contributed by atoms with Crippen molar-refractivity contribution in [1.82, 2.24) is 0 Å². The van der Waals surface area contributed by atoms with Crippen molar-refractivity contribution in [2.24, 2.45) is 29.1 Å². The van der Waals surface area contributed by atoms with Crippen LogP contribution in [0.25, 0.3) is 0 Å². The Bertz CT molecular complexity index is 1710. The van der Waals surface area contributed by atoms with Crippen LogP contribution in [0.5, 0.6) is 5.75 Å². The highest BCUT2D eigenvalue weighted by atomic mass is 16.4. The van der Waals surface area contributed by atoms with Gasteiger partial charge in [0.1, 0.15) is 5.75 Å². The molecule has 0 spiro atoms. The summed E-state index contributed by atoms with van der Waals surface area (Å²) in [4.78, 5) is 58.7. The van der Waals surface area contributed by atoms with Crippen molar-refractivity contribution >= 4 is 47.6 Å². The van der Waals surface area contributed by atoms with E-state index in [4.69, 9.17) is 0 Å². The first-order valence-electron chi connectivity index (χ1n) is 14.4. The molecule has 4 aliphatic rings. The molecule has 2 heterocycles. The maximum absolute atomic E-state index is 14.3. The summed E-state index contributed by atoms with van der Waals surface area (Å²) in [6.45, 7) is 1.82. The van der Waals surface area contributed by atoms with E-state index in [2.05, 4.69) is 0 Å². The molecule has 3 aromatic rings. The van der Waals surface area contributed by atoms with Gasteiger partial charge in [-0.15, -0.1) is 0 Å². The van der Waals surface area contributed by atoms with Gasteiger partial charge in [-0.3, -0.25) is 24.1 Å². The summed E-state index contributed by atoms with van der Waals surface area (Å²) in [5, 5.41) is 29.4. The molecule has 43 heavy (non-hydrogen) atoms. The highest BCUT2D eigenvalue weighted by molar-refractivity contribution is 6.58. The summed E-state index contributed by atoms with van der Waals surface area (Å²) < 4.78 is 0. The zero-order chi connectivity index (χ0) is 30.2. The Labute approximate surface area is 248 Å². The Morgan fingerprint density at radius 1 is 0.791 bits per heavy atom. The van der Waals surface area contributed by atoms with Crippen molar-refractivity contribution in [3.8, 4) is 5.75 Å². The van der Waals surface area contributed by atoms with Gasteiger partial charge < -0.3 is 15.2 Å². The predicted molar refractivity (Wildman–Crippen MR) is 158 cm³/mol. The third kappa shape index (κ3) is 3.86. The standard InChI is InChI=1S/C33H29BN2O7/c1-33-26(30(39)36(32(33)41)20-7-3-2-4-8-20)17-25-23(28(33)18-10-12-22(37)13-11-18)14-15-24-27(25)31(40)35(29(24)38)21-9-5-6-19(16-21)34(42)43/h2-14,16,24-28,37,42-43H,15,17H2,1H3. The molecule has 3 aromatic carbocycles. The molecule has 0 bridgehead atoms. The number of phenolic OH excluding ortho intramolecular Hbond substituents is 1. The zero-order valence-corrected chi connectivity index (χ0v) is 23.3. The highest BCUT2D eigenvalue weighted by Gasteiger charge is 2.67. The fraction of sp³-hybridized carbons (Fsp3) is 0.273. The Morgan fingerprint density at radius 3 is 2.19 bits per heavy atom. The Kier molecular flexibility index (Phi) is 6.19. The van der Waals surface area contributed by atoms with Crippen LogP contribution in [0.4, 0.5) is 11.4 Å². The molecule has 3 fully saturated rings. The molecule has 216 valence electrons. The predicted octanol–water partition coefficient (Wildman–Crippen LogP) is 2.51. The average Bonchev–Trinajstić information content (AvgIpc) is 3.37. The van der Waals surface area contributed by atoms with Crippen LogP contribution in [0, 0.1) is 29.1 Å². The Balaban J connectivity index is 1.34. The maximum atomic E-state index is 14.3. The summed E-state index contributed by atoms with van der Waals surface area (Å²) in [5.41, 5.74) is 1.34. The largest absolute Gasteiger partial charge is 0.508 e. The monoisotopic (exact) mass is 576 g/mol. The van der Waals surface area contributed by atoms with Crippen molar-refractivity contribution in [1.29, 1.82) is 0 Å². The first-order valence-corrected chi connectivity index (χ1v) is 14.4. The highest BCUT2D eigenvalue weighted by Crippen LogP contribution is 2.63. The number of rotatable bonds is 4. The number of imide groups is 2. The second kappa shape index (κ2) is 9.75. The Hall–Kier alpha value is -4.54. The topological polar surface area (TPSA) is 135 Å². The third-order valence-electron chi connectivity index (χ3n) is 9.94. The van der Waals surface area contributed by atoms with Crippen LogP contribution < -0.4 is 15.3 Å². The van der Waals surface area contributed by atoms with E-state index < -0.39 is 48.0 Å². The van der Waals surface area contributed by atoms with Crippen LogP contribution in [0.1, 0.15) is 31.2 Å². The number of benzene rings is 3. The summed E-state index contributed by atoms with van der Waals surface area (Å²) in [6, 6.07) is 21.5. The molecule has 7 rings (SSSR count). The molecule has 2 aliphatic carbocycles. The fourth-order valence-corrected chi connectivity index (χ4v) is 7.96. The SMILES string of the molecule is CC12C(=O)N(c3ccccc3)C(=O)C1CC1C(=CCC3C(=O)N(c4cccc(B(O)O)c4)C(=O)C31)C2c1ccc(O)cc1. The molecule has 10 heteroatoms. The number of hydrogen-bond donors (Lipinski definition) is 3. The third-order valence-corrected chi connectivity index (χ3v) is 9.94. The number of carbonyl (C=O) groups excluding carboxylic acids is 4. The van der Waals surface area contributed by atoms with Gasteiger partial charge in [0, 0.05) is 5.92 Å². The van der Waals surface area contributed by atoms with E-state index in [9.17, 15) is 34.3 Å². The normalized spacial score (nSPS) is 29.7. The van der Waals surface area contributed by atoms with Crippen molar-refractivity contribution in [3.05, 3.63) is 96.1 Å². The zero-order valence-electron chi connectivity index (χ0n) is 23.3. The summed E-state index contributed by atoms with van der Waals surface area (Å²) >= 11 is 0. The number of allylic oxidation sites excluding steroid dienone is 2. The number of hydrogen-bond acceptors (Lipinski definition) is 7. The second-order valence-electron chi connectivity index (χ2n) is 12.1. The van der Waals surface area contributed by atoms with Gasteiger partial charge in [-0.1, -0.05) is 54.1 Å². The molecule has 4 amide bonds. The average molecular weight is 576 g/mol. The quantitative estimate of drug-likeness (QED) is 0.247. The minimum atomic E-state index is -1.76. The first-order chi connectivity index (χ1) is 20.6. The van der Waals surface area contributed by atoms with Gasteiger partial charge in [0.15, 0.2) is 0 Å². The van der Waals surface area contributed by atoms with Crippen LogP contribution in [0.3, 0.4) is 0 Å². The van der Waals surface area contributed by atoms with Gasteiger partial charge >= 0.3 is 7.12 Å². The van der Waals surface area contributed by atoms with Gasteiger partial charge in [-0.05, 0) is 73.1 Å². The van der Waals surface area contributed by atoms with E-state index in [0.29, 0.717) is 12.1 Å². The molecule has 6 unspecified atom stereocenters. The molecule has 2 saturated heterocycles. The van der Waals surface area contributed by atoms with Gasteiger partial charge in [0.2, 0.25) is 23.6 Å². The fourth-order valence-electron chi connectivity index (χ4n) is 7.96. The molecule has 6 atom stereocenters. The maximum Gasteiger partial charge on any atom is 0.488 e. The lowest BCUT2D eigenvalue weighted by Crippen LogP contribution is -2.48. The molecule has 1 saturated carbocycles. The van der Waals surface area contributed by atoms with Crippen LogP contribution in [0.15, 0.2) is 90.5 Å². The van der Waals surface area contributed by atoms with E-state index in [1.165, 1.54) is 17.0 Å². The second-order valence-corrected chi connectivity index (χ2v) is 12.1. The molecule has 2 aliphatic heterocycles. The molecule has 0 aromatic heterocycles. The first kappa shape index (κ1) is 27.3. The smallest absolute Gasteiger partial charge is 0.488 e. The number of amides is 4. The van der Waals surface area contributed by atoms with Crippen LogP contribution in [-0.2, 0) is 19.2 Å². The Morgan fingerprint density at radius 2 is 1.49 bits per heavy atom. The van der Waals surface area contributed by atoms with E-state index in [0.717, 1.165) is 16.0 Å². The van der Waals surface area contributed by atoms with Crippen molar-refractivity contribution in [2.45, 2.75) is 25.7 Å². The van der Waals surface area contributed by atoms with Crippen LogP contribution >= 0.6 is 0 Å². The summed E-state index contributed by atoms with van der Waals surface area (Å²) in [5.74, 6) is -4.53. The van der Waals surface area contributed by atoms with Gasteiger partial charge in [0.05, 0.1) is 34.5 Å². The van der Waals surface area contributed by atoms with Crippen LogP contribution in [-0.4, -0.2) is 45.9 Å². The summed E-state index contributed by atoms with van der Waals surface area (Å²) in [6.07, 6.45) is 2.49. The summed E-state index contributed by atoms with van der Waals surface area (Å²) in [7, 11) is -1.76. The number of fused-ring (bicyclic) bond motifs is 4. The number of nitrogens with zero attached hydrogens (tertiary/aromatic N) is 2. The van der Waals surface area contributed by atoms with E-state index in [1.807, 2.05) is 19.1 Å². The minimum absolute atomic E-state index is 0.0673. The number of para-hydroxylation sites is 1. The van der Waals surface area contributed by atoms with Gasteiger partial charge in [0.25, 0.3) is 0 Å². The lowest BCUT2D eigenvalue weighted by molar-refractivity contribution is -0.131. The van der Waals surface area contributed by atoms with Crippen molar-refractivity contribution in [2.75, 3.05) is 9.80 Å². The van der Waals surface area contributed by atoms with Crippen LogP contribution in [0.2, 0.25) is 0 Å². The van der Waals surface area contributed by atoms with Crippen molar-refractivity contribution in [3.63, 3.8) is 0 Å². The lowest BCUT2D eigenvalue weighted by atomic mass is 9.51. The minimum Gasteiger partial charge on any atom is -0.508 e. The molecular formula is C33H29BN2O7. The van der Waals surface area contributed by atoms with Gasteiger partial charge in [-0.25, -0.2) is 4.90 Å². The number of carbonyl (C=O) groups is 4.